The summed E-state index contributed by atoms with van der Waals surface area (Å²) in [6.45, 7) is 3.37. The van der Waals surface area contributed by atoms with E-state index in [4.69, 9.17) is 0 Å². The van der Waals surface area contributed by atoms with E-state index in [2.05, 4.69) is 15.6 Å². The van der Waals surface area contributed by atoms with Crippen molar-refractivity contribution in [2.24, 2.45) is 0 Å². The van der Waals surface area contributed by atoms with Crippen molar-refractivity contribution < 1.29 is 9.59 Å². The number of carbonyl (C=O) groups is 2. The second-order valence-electron chi connectivity index (χ2n) is 4.69. The van der Waals surface area contributed by atoms with E-state index in [1.54, 1.807) is 6.20 Å². The molecule has 1 unspecified atom stereocenters. The van der Waals surface area contributed by atoms with Gasteiger partial charge in [0, 0.05) is 18.0 Å². The number of nitrogens with zero attached hydrogens (tertiary/aromatic N) is 1. The number of benzene rings is 1. The number of nitrogens with one attached hydrogen (secondary N) is 2. The van der Waals surface area contributed by atoms with Crippen molar-refractivity contribution in [3.05, 3.63) is 47.0 Å². The molecule has 5 nitrogen and oxygen atoms in total. The molecule has 2 N–H and O–H groups in total. The fourth-order valence-electron chi connectivity index (χ4n) is 1.95. The molecule has 1 aromatic heterocycles. The lowest BCUT2D eigenvalue weighted by Gasteiger charge is -2.17. The van der Waals surface area contributed by atoms with Crippen molar-refractivity contribution in [3.63, 3.8) is 0 Å². The number of thiazole rings is 1. The highest BCUT2D eigenvalue weighted by molar-refractivity contribution is 7.15. The predicted octanol–water partition coefficient (Wildman–Crippen LogP) is 2.66. The minimum Gasteiger partial charge on any atom is -0.349 e. The molecule has 0 aliphatic heterocycles. The quantitative estimate of drug-likeness (QED) is 0.892. The molecule has 6 heteroatoms. The van der Waals surface area contributed by atoms with Crippen LogP contribution in [0.3, 0.4) is 0 Å². The van der Waals surface area contributed by atoms with Crippen LogP contribution in [0, 0.1) is 6.92 Å². The Hall–Kier alpha value is -2.21. The molecule has 1 heterocycles. The summed E-state index contributed by atoms with van der Waals surface area (Å²) in [7, 11) is 0. The molecule has 0 saturated carbocycles. The fourth-order valence-corrected chi connectivity index (χ4v) is 2.63. The highest BCUT2D eigenvalue weighted by atomic mass is 32.1. The summed E-state index contributed by atoms with van der Waals surface area (Å²) >= 11 is 1.42. The Kier molecular flexibility index (Phi) is 5.05. The molecule has 0 aliphatic carbocycles. The summed E-state index contributed by atoms with van der Waals surface area (Å²) in [6.07, 6.45) is 1.88. The van der Waals surface area contributed by atoms with Crippen molar-refractivity contribution >= 4 is 28.3 Å². The number of aryl methyl sites for hydroxylation is 1. The Morgan fingerprint density at radius 1 is 1.29 bits per heavy atom. The van der Waals surface area contributed by atoms with E-state index in [1.165, 1.54) is 18.3 Å². The Labute approximate surface area is 127 Å². The molecule has 110 valence electrons. The summed E-state index contributed by atoms with van der Waals surface area (Å²) in [5.74, 6) is -0.339. The number of aromatic nitrogens is 1. The average molecular weight is 303 g/mol. The molecule has 0 saturated heterocycles. The smallest absolute Gasteiger partial charge is 0.228 e. The molecule has 1 aromatic carbocycles. The van der Waals surface area contributed by atoms with Crippen LogP contribution in [0.1, 0.15) is 29.8 Å². The minimum atomic E-state index is -0.343. The Morgan fingerprint density at radius 3 is 2.57 bits per heavy atom. The largest absolute Gasteiger partial charge is 0.349 e. The highest BCUT2D eigenvalue weighted by Crippen LogP contribution is 2.20. The van der Waals surface area contributed by atoms with E-state index in [-0.39, 0.29) is 24.3 Å². The lowest BCUT2D eigenvalue weighted by atomic mass is 10.0. The molecule has 0 aliphatic rings. The summed E-state index contributed by atoms with van der Waals surface area (Å²) < 4.78 is 0. The first kappa shape index (κ1) is 15.2. The lowest BCUT2D eigenvalue weighted by Crippen LogP contribution is -2.29. The van der Waals surface area contributed by atoms with Crippen LogP contribution in [0.2, 0.25) is 0 Å². The normalized spacial score (nSPS) is 11.7. The van der Waals surface area contributed by atoms with Gasteiger partial charge < -0.3 is 10.6 Å². The van der Waals surface area contributed by atoms with E-state index in [1.807, 2.05) is 37.3 Å². The van der Waals surface area contributed by atoms with Gasteiger partial charge in [0.05, 0.1) is 12.5 Å². The second kappa shape index (κ2) is 6.99. The Morgan fingerprint density at radius 2 is 2.00 bits per heavy atom. The van der Waals surface area contributed by atoms with Gasteiger partial charge in [-0.3, -0.25) is 9.59 Å². The monoisotopic (exact) mass is 303 g/mol. The first-order valence-corrected chi connectivity index (χ1v) is 7.40. The van der Waals surface area contributed by atoms with Gasteiger partial charge in [0.2, 0.25) is 11.8 Å². The first-order valence-electron chi connectivity index (χ1n) is 6.59. The third-order valence-electron chi connectivity index (χ3n) is 2.84. The molecular weight excluding hydrogens is 286 g/mol. The van der Waals surface area contributed by atoms with Crippen molar-refractivity contribution in [2.75, 3.05) is 5.32 Å². The van der Waals surface area contributed by atoms with Crippen LogP contribution in [0.25, 0.3) is 0 Å². The lowest BCUT2D eigenvalue weighted by molar-refractivity contribution is -0.120. The summed E-state index contributed by atoms with van der Waals surface area (Å²) in [5.41, 5.74) is 0.901. The molecule has 2 aromatic rings. The van der Waals surface area contributed by atoms with Gasteiger partial charge in [-0.25, -0.2) is 4.98 Å². The molecule has 0 spiro atoms. The maximum atomic E-state index is 12.1. The summed E-state index contributed by atoms with van der Waals surface area (Å²) in [6, 6.07) is 9.10. The maximum absolute atomic E-state index is 12.1. The first-order chi connectivity index (χ1) is 10.0. The molecule has 0 radical (unpaired) electrons. The Balaban J connectivity index is 2.04. The Bertz CT molecular complexity index is 625. The molecule has 0 bridgehead atoms. The van der Waals surface area contributed by atoms with Gasteiger partial charge in [0.25, 0.3) is 0 Å². The van der Waals surface area contributed by atoms with E-state index >= 15 is 0 Å². The number of hydrogen-bond acceptors (Lipinski definition) is 4. The predicted molar refractivity (Wildman–Crippen MR) is 83.1 cm³/mol. The SMILES string of the molecule is CC(=O)NC(CC(=O)Nc1ncc(C)s1)c1ccccc1. The maximum Gasteiger partial charge on any atom is 0.228 e. The van der Waals surface area contributed by atoms with Crippen LogP contribution in [0.15, 0.2) is 36.5 Å². The number of anilines is 1. The topological polar surface area (TPSA) is 71.1 Å². The van der Waals surface area contributed by atoms with Crippen molar-refractivity contribution in [1.82, 2.24) is 10.3 Å². The van der Waals surface area contributed by atoms with Crippen LogP contribution in [-0.2, 0) is 9.59 Å². The van der Waals surface area contributed by atoms with Crippen LogP contribution < -0.4 is 10.6 Å². The zero-order chi connectivity index (χ0) is 15.2. The van der Waals surface area contributed by atoms with E-state index in [0.717, 1.165) is 10.4 Å². The van der Waals surface area contributed by atoms with E-state index in [9.17, 15) is 9.59 Å². The summed E-state index contributed by atoms with van der Waals surface area (Å²) in [4.78, 5) is 28.5. The molecule has 0 fully saturated rings. The number of hydrogen-bond donors (Lipinski definition) is 2. The molecule has 1 atom stereocenters. The standard InChI is InChI=1S/C15H17N3O2S/c1-10-9-16-15(21-10)18-14(20)8-13(17-11(2)19)12-6-4-3-5-7-12/h3-7,9,13H,8H2,1-2H3,(H,17,19)(H,16,18,20). The third-order valence-corrected chi connectivity index (χ3v) is 3.66. The van der Waals surface area contributed by atoms with Crippen molar-refractivity contribution in [1.29, 1.82) is 0 Å². The van der Waals surface area contributed by atoms with Crippen LogP contribution in [-0.4, -0.2) is 16.8 Å². The van der Waals surface area contributed by atoms with Gasteiger partial charge in [-0.15, -0.1) is 11.3 Å². The van der Waals surface area contributed by atoms with Gasteiger partial charge in [0.15, 0.2) is 5.13 Å². The molecule has 21 heavy (non-hydrogen) atoms. The van der Waals surface area contributed by atoms with E-state index in [0.29, 0.717) is 5.13 Å². The fraction of sp³-hybridized carbons (Fsp3) is 0.267. The van der Waals surface area contributed by atoms with Gasteiger partial charge in [0.1, 0.15) is 0 Å². The number of rotatable bonds is 5. The summed E-state index contributed by atoms with van der Waals surface area (Å²) in [5, 5.41) is 6.13. The van der Waals surface area contributed by atoms with Crippen LogP contribution >= 0.6 is 11.3 Å². The molecule has 2 rings (SSSR count). The molecular formula is C15H17N3O2S. The van der Waals surface area contributed by atoms with E-state index < -0.39 is 0 Å². The van der Waals surface area contributed by atoms with Gasteiger partial charge in [-0.1, -0.05) is 30.3 Å². The van der Waals surface area contributed by atoms with Crippen molar-refractivity contribution in [2.45, 2.75) is 26.3 Å². The minimum absolute atomic E-state index is 0.165. The number of carbonyl (C=O) groups excluding carboxylic acids is 2. The van der Waals surface area contributed by atoms with Crippen LogP contribution in [0.5, 0.6) is 0 Å². The van der Waals surface area contributed by atoms with Crippen molar-refractivity contribution in [3.8, 4) is 0 Å². The second-order valence-corrected chi connectivity index (χ2v) is 5.93. The molecule has 2 amide bonds. The van der Waals surface area contributed by atoms with Gasteiger partial charge in [-0.05, 0) is 12.5 Å². The number of amides is 2. The zero-order valence-corrected chi connectivity index (χ0v) is 12.7. The zero-order valence-electron chi connectivity index (χ0n) is 11.9. The highest BCUT2D eigenvalue weighted by Gasteiger charge is 2.17. The van der Waals surface area contributed by atoms with Crippen LogP contribution in [0.4, 0.5) is 5.13 Å². The third kappa shape index (κ3) is 4.68. The average Bonchev–Trinajstić information content (AvgIpc) is 2.83. The van der Waals surface area contributed by atoms with Gasteiger partial charge in [-0.2, -0.15) is 0 Å². The van der Waals surface area contributed by atoms with Gasteiger partial charge >= 0.3 is 0 Å².